The van der Waals surface area contributed by atoms with Crippen LogP contribution in [0.5, 0.6) is 0 Å². The fourth-order valence-electron chi connectivity index (χ4n) is 4.89. The second-order valence-electron chi connectivity index (χ2n) is 9.36. The zero-order valence-corrected chi connectivity index (χ0v) is 23.1. The average molecular weight is 549 g/mol. The molecule has 7 heteroatoms. The third-order valence-electron chi connectivity index (χ3n) is 6.79. The van der Waals surface area contributed by atoms with E-state index in [9.17, 15) is 4.79 Å². The third kappa shape index (κ3) is 4.78. The van der Waals surface area contributed by atoms with Crippen molar-refractivity contribution in [3.63, 3.8) is 0 Å². The molecule has 0 aliphatic heterocycles. The van der Waals surface area contributed by atoms with Gasteiger partial charge in [0.2, 0.25) is 0 Å². The third-order valence-corrected chi connectivity index (χ3v) is 7.97. The van der Waals surface area contributed by atoms with Crippen molar-refractivity contribution in [1.29, 1.82) is 0 Å². The molecular formula is C32H25ClN4OS. The standard InChI is InChI=1S/C32H25ClN4OS/c1-21-12-18-25(19-13-21)37-31(23-14-16-24(33)17-15-23)34-35-32(37)39-20-28(38)29-26-10-6-7-11-27(26)36(2)30(29)22-8-4-3-5-9-22/h3-19H,20H2,1-2H3. The predicted octanol–water partition coefficient (Wildman–Crippen LogP) is 8.03. The predicted molar refractivity (Wildman–Crippen MR) is 160 cm³/mol. The van der Waals surface area contributed by atoms with E-state index in [2.05, 4.69) is 39.9 Å². The minimum Gasteiger partial charge on any atom is -0.343 e. The van der Waals surface area contributed by atoms with Gasteiger partial charge in [0.15, 0.2) is 16.8 Å². The van der Waals surface area contributed by atoms with Crippen molar-refractivity contribution in [3.8, 4) is 28.3 Å². The monoisotopic (exact) mass is 548 g/mol. The largest absolute Gasteiger partial charge is 0.343 e. The maximum Gasteiger partial charge on any atom is 0.196 e. The lowest BCUT2D eigenvalue weighted by atomic mass is 10.0. The number of para-hydroxylation sites is 1. The minimum atomic E-state index is 0.0437. The smallest absolute Gasteiger partial charge is 0.196 e. The van der Waals surface area contributed by atoms with Gasteiger partial charge in [-0.1, -0.05) is 89.6 Å². The highest BCUT2D eigenvalue weighted by molar-refractivity contribution is 7.99. The first kappa shape index (κ1) is 25.2. The van der Waals surface area contributed by atoms with Crippen LogP contribution in [0.2, 0.25) is 5.02 Å². The van der Waals surface area contributed by atoms with E-state index in [1.54, 1.807) is 0 Å². The Balaban J connectivity index is 1.40. The molecule has 192 valence electrons. The molecule has 0 N–H and O–H groups in total. The second kappa shape index (κ2) is 10.6. The van der Waals surface area contributed by atoms with E-state index in [1.807, 2.05) is 96.5 Å². The summed E-state index contributed by atoms with van der Waals surface area (Å²) in [6, 6.07) is 33.9. The molecule has 4 aromatic carbocycles. The minimum absolute atomic E-state index is 0.0437. The fraction of sp³-hybridized carbons (Fsp3) is 0.0938. The number of fused-ring (bicyclic) bond motifs is 1. The topological polar surface area (TPSA) is 52.7 Å². The van der Waals surface area contributed by atoms with Crippen molar-refractivity contribution in [1.82, 2.24) is 19.3 Å². The summed E-state index contributed by atoms with van der Waals surface area (Å²) in [4.78, 5) is 13.9. The van der Waals surface area contributed by atoms with Crippen LogP contribution in [0.1, 0.15) is 15.9 Å². The lowest BCUT2D eigenvalue weighted by molar-refractivity contribution is 0.102. The summed E-state index contributed by atoms with van der Waals surface area (Å²) in [6.45, 7) is 2.05. The molecule has 0 bridgehead atoms. The van der Waals surface area contributed by atoms with Crippen LogP contribution in [0.15, 0.2) is 108 Å². The number of Topliss-reactive ketones (excluding diaryl/α,β-unsaturated/α-hetero) is 1. The van der Waals surface area contributed by atoms with Crippen molar-refractivity contribution >= 4 is 40.0 Å². The molecule has 0 aliphatic rings. The van der Waals surface area contributed by atoms with Crippen LogP contribution < -0.4 is 0 Å². The number of benzene rings is 4. The first-order chi connectivity index (χ1) is 19.0. The molecule has 6 rings (SSSR count). The first-order valence-electron chi connectivity index (χ1n) is 12.6. The van der Waals surface area contributed by atoms with Crippen molar-refractivity contribution in [2.24, 2.45) is 7.05 Å². The number of ketones is 1. The summed E-state index contributed by atoms with van der Waals surface area (Å²) in [5, 5.41) is 11.3. The molecule has 0 aliphatic carbocycles. The molecule has 6 aromatic rings. The fourth-order valence-corrected chi connectivity index (χ4v) is 5.84. The van der Waals surface area contributed by atoms with E-state index in [4.69, 9.17) is 11.6 Å². The van der Waals surface area contributed by atoms with Crippen molar-refractivity contribution in [2.45, 2.75) is 12.1 Å². The van der Waals surface area contributed by atoms with Gasteiger partial charge in [-0.3, -0.25) is 9.36 Å². The zero-order chi connectivity index (χ0) is 26.9. The van der Waals surface area contributed by atoms with Crippen LogP contribution in [0, 0.1) is 6.92 Å². The van der Waals surface area contributed by atoms with Gasteiger partial charge in [0.1, 0.15) is 0 Å². The molecule has 5 nitrogen and oxygen atoms in total. The number of halogens is 1. The van der Waals surface area contributed by atoms with Gasteiger partial charge in [-0.2, -0.15) is 0 Å². The lowest BCUT2D eigenvalue weighted by Crippen LogP contribution is -2.07. The molecule has 0 spiro atoms. The van der Waals surface area contributed by atoms with E-state index in [-0.39, 0.29) is 11.5 Å². The van der Waals surface area contributed by atoms with Gasteiger partial charge < -0.3 is 4.57 Å². The van der Waals surface area contributed by atoms with Gasteiger partial charge in [0, 0.05) is 34.2 Å². The molecule has 0 amide bonds. The van der Waals surface area contributed by atoms with Gasteiger partial charge in [-0.15, -0.1) is 10.2 Å². The van der Waals surface area contributed by atoms with Crippen LogP contribution in [-0.2, 0) is 7.05 Å². The highest BCUT2D eigenvalue weighted by Gasteiger charge is 2.24. The summed E-state index contributed by atoms with van der Waals surface area (Å²) in [5.74, 6) is 0.959. The normalized spacial score (nSPS) is 11.3. The number of aromatic nitrogens is 4. The van der Waals surface area contributed by atoms with Crippen LogP contribution >= 0.6 is 23.4 Å². The van der Waals surface area contributed by atoms with E-state index in [0.29, 0.717) is 16.0 Å². The number of aryl methyl sites for hydroxylation is 2. The number of carbonyl (C=O) groups is 1. The molecule has 0 fully saturated rings. The average Bonchev–Trinajstić information content (AvgIpc) is 3.52. The van der Waals surface area contributed by atoms with Gasteiger partial charge in [-0.25, -0.2) is 0 Å². The zero-order valence-electron chi connectivity index (χ0n) is 21.5. The van der Waals surface area contributed by atoms with Crippen LogP contribution in [0.4, 0.5) is 0 Å². The van der Waals surface area contributed by atoms with E-state index < -0.39 is 0 Å². The van der Waals surface area contributed by atoms with Gasteiger partial charge >= 0.3 is 0 Å². The summed E-state index contributed by atoms with van der Waals surface area (Å²) < 4.78 is 4.11. The Morgan fingerprint density at radius 2 is 1.51 bits per heavy atom. The highest BCUT2D eigenvalue weighted by Crippen LogP contribution is 2.35. The Morgan fingerprint density at radius 3 is 2.26 bits per heavy atom. The molecule has 0 atom stereocenters. The molecule has 39 heavy (non-hydrogen) atoms. The van der Waals surface area contributed by atoms with Crippen molar-refractivity contribution in [3.05, 3.63) is 119 Å². The number of carbonyl (C=O) groups excluding carboxylic acids is 1. The molecule has 0 radical (unpaired) electrons. The number of rotatable bonds is 7. The molecule has 0 saturated heterocycles. The summed E-state index contributed by atoms with van der Waals surface area (Å²) >= 11 is 7.53. The quantitative estimate of drug-likeness (QED) is 0.150. The Hall–Kier alpha value is -4.13. The molecule has 0 saturated carbocycles. The maximum atomic E-state index is 13.9. The summed E-state index contributed by atoms with van der Waals surface area (Å²) in [7, 11) is 2.01. The van der Waals surface area contributed by atoms with Gasteiger partial charge in [0.05, 0.1) is 17.0 Å². The van der Waals surface area contributed by atoms with E-state index in [0.717, 1.165) is 44.5 Å². The lowest BCUT2D eigenvalue weighted by Gasteiger charge is -2.11. The highest BCUT2D eigenvalue weighted by atomic mass is 35.5. The van der Waals surface area contributed by atoms with Crippen molar-refractivity contribution in [2.75, 3.05) is 5.75 Å². The summed E-state index contributed by atoms with van der Waals surface area (Å²) in [6.07, 6.45) is 0. The van der Waals surface area contributed by atoms with Crippen LogP contribution in [0.3, 0.4) is 0 Å². The number of hydrogen-bond donors (Lipinski definition) is 0. The van der Waals surface area contributed by atoms with Crippen LogP contribution in [0.25, 0.3) is 39.2 Å². The Labute approximate surface area is 236 Å². The van der Waals surface area contributed by atoms with Crippen LogP contribution in [-0.4, -0.2) is 30.9 Å². The first-order valence-corrected chi connectivity index (χ1v) is 13.9. The Kier molecular flexibility index (Phi) is 6.81. The van der Waals surface area contributed by atoms with Gasteiger partial charge in [-0.05, 0) is 55.0 Å². The molecule has 2 heterocycles. The summed E-state index contributed by atoms with van der Waals surface area (Å²) in [5.41, 5.74) is 6.67. The number of hydrogen-bond acceptors (Lipinski definition) is 4. The van der Waals surface area contributed by atoms with E-state index in [1.165, 1.54) is 11.8 Å². The van der Waals surface area contributed by atoms with E-state index >= 15 is 0 Å². The number of thioether (sulfide) groups is 1. The molecule has 0 unspecified atom stereocenters. The van der Waals surface area contributed by atoms with Gasteiger partial charge in [0.25, 0.3) is 0 Å². The SMILES string of the molecule is Cc1ccc(-n2c(SCC(=O)c3c(-c4ccccc4)n(C)c4ccccc34)nnc2-c2ccc(Cl)cc2)cc1. The Morgan fingerprint density at radius 1 is 0.821 bits per heavy atom. The molecule has 2 aromatic heterocycles. The Bertz CT molecular complexity index is 1790. The molecular weight excluding hydrogens is 524 g/mol. The second-order valence-corrected chi connectivity index (χ2v) is 10.7. The number of nitrogens with zero attached hydrogens (tertiary/aromatic N) is 4. The maximum absolute atomic E-state index is 13.9. The van der Waals surface area contributed by atoms with Crippen molar-refractivity contribution < 1.29 is 4.79 Å².